The fourth-order valence-corrected chi connectivity index (χ4v) is 13.5. The van der Waals surface area contributed by atoms with E-state index >= 15 is 0 Å². The molecule has 0 fully saturated rings. The van der Waals surface area contributed by atoms with Crippen LogP contribution in [0.5, 0.6) is 0 Å². The van der Waals surface area contributed by atoms with Crippen LogP contribution in [0.4, 0.5) is 0 Å². The van der Waals surface area contributed by atoms with Gasteiger partial charge in [0.2, 0.25) is 5.71 Å². The zero-order valence-corrected chi connectivity index (χ0v) is 42.7. The summed E-state index contributed by atoms with van der Waals surface area (Å²) in [5.41, 5.74) is 19.6. The van der Waals surface area contributed by atoms with E-state index in [4.69, 9.17) is 9.40 Å². The summed E-state index contributed by atoms with van der Waals surface area (Å²) in [5, 5.41) is 23.8. The molecule has 0 saturated heterocycles. The molecule has 7 heteroatoms. The third-order valence-corrected chi connectivity index (χ3v) is 16.5. The maximum atomic E-state index is 13.1. The fourth-order valence-electron chi connectivity index (χ4n) is 13.5. The quantitative estimate of drug-likeness (QED) is 0.172. The first-order valence-electron chi connectivity index (χ1n) is 26.3. The second kappa shape index (κ2) is 15.9. The van der Waals surface area contributed by atoms with Gasteiger partial charge < -0.3 is 22.7 Å². The number of hydrogen-bond acceptors (Lipinski definition) is 3. The number of rotatable bonds is 5. The number of hydrogen-bond donors (Lipinski definition) is 0. The van der Waals surface area contributed by atoms with Gasteiger partial charge in [0.1, 0.15) is 17.2 Å². The minimum Gasteiger partial charge on any atom is -0.438 e. The molecule has 6 aromatic heterocycles. The smallest absolute Gasteiger partial charge is 0.227 e. The first kappa shape index (κ1) is 43.3. The molecule has 7 nitrogen and oxygen atoms in total. The molecule has 77 heavy (non-hydrogen) atoms. The zero-order valence-electron chi connectivity index (χ0n) is 42.7. The Morgan fingerprint density at radius 3 is 1.12 bits per heavy atom. The topological polar surface area (TPSA) is 69.5 Å². The molecule has 0 saturated carbocycles. The fraction of sp³-hybridized carbons (Fsp3) is 0.0571. The molecule has 6 heterocycles. The number of aryl methyl sites for hydroxylation is 4. The lowest BCUT2D eigenvalue weighted by molar-refractivity contribution is 0.654. The van der Waals surface area contributed by atoms with Crippen molar-refractivity contribution in [3.63, 3.8) is 0 Å². The van der Waals surface area contributed by atoms with E-state index in [1.54, 1.807) is 6.20 Å². The van der Waals surface area contributed by atoms with Crippen LogP contribution in [0.15, 0.2) is 211 Å². The van der Waals surface area contributed by atoms with Crippen LogP contribution in [0.3, 0.4) is 0 Å². The molecule has 0 atom stereocenters. The van der Waals surface area contributed by atoms with Crippen molar-refractivity contribution < 1.29 is 4.42 Å². The minimum absolute atomic E-state index is 0.528. The molecule has 0 radical (unpaired) electrons. The van der Waals surface area contributed by atoms with Gasteiger partial charge in [-0.15, -0.1) is 0 Å². The number of nitrogens with zero attached hydrogens (tertiary/aromatic N) is 6. The average molecular weight is 987 g/mol. The summed E-state index contributed by atoms with van der Waals surface area (Å²) in [7, 11) is 0. The van der Waals surface area contributed by atoms with Gasteiger partial charge >= 0.3 is 0 Å². The Balaban J connectivity index is 1.33. The summed E-state index contributed by atoms with van der Waals surface area (Å²) in [6.07, 6.45) is 1.80. The number of fused-ring (bicyclic) bond motifs is 15. The van der Waals surface area contributed by atoms with Crippen LogP contribution in [-0.2, 0) is 0 Å². The highest BCUT2D eigenvalue weighted by Gasteiger charge is 2.36. The Kier molecular flexibility index (Phi) is 8.95. The summed E-state index contributed by atoms with van der Waals surface area (Å²) in [6.45, 7) is 8.84. The lowest BCUT2D eigenvalue weighted by Gasteiger charge is -2.30. The van der Waals surface area contributed by atoms with E-state index in [1.165, 1.54) is 0 Å². The Morgan fingerprint density at radius 1 is 0.364 bits per heavy atom. The van der Waals surface area contributed by atoms with Crippen molar-refractivity contribution in [2.75, 3.05) is 0 Å². The molecule has 0 spiro atoms. The second-order valence-corrected chi connectivity index (χ2v) is 20.7. The van der Waals surface area contributed by atoms with Crippen LogP contribution in [-0.4, -0.2) is 23.3 Å². The highest BCUT2D eigenvalue weighted by molar-refractivity contribution is 6.21. The summed E-state index contributed by atoms with van der Waals surface area (Å²) in [6, 6.07) is 75.1. The molecule has 10 aromatic carbocycles. The standard InChI is InChI=1S/C70H46N6O/c1-40-19-13-27-48-44-23-5-9-33-55(44)73(62(40)48)66-54(39-71)67(74-56-34-10-6-24-45(56)49-28-14-20-41(2)63(49)74)69(76-58-36-12-8-26-47(58)51-30-16-22-43(4)65(51)76)61(52-31-17-37-59-60(52)53-32-18-38-72-70(53)77-59)68(66)75-57-35-11-7-25-46(57)50-29-15-21-42(3)64(50)75/h5-38H,1-4H3. The van der Waals surface area contributed by atoms with Gasteiger partial charge in [0.15, 0.2) is 0 Å². The third-order valence-electron chi connectivity index (χ3n) is 16.5. The molecule has 0 aliphatic heterocycles. The molecule has 16 aromatic rings. The SMILES string of the molecule is Cc1cccc2c3ccccc3n(-c3c(C#N)c(-n4c5ccccc5c5cccc(C)c54)c(-n4c5ccccc5c5cccc(C)c54)c(-c4cccc5oc6ncccc6c45)c3-n3c4ccccc4c4cccc(C)c43)c12. The second-order valence-electron chi connectivity index (χ2n) is 20.7. The Bertz CT molecular complexity index is 5030. The van der Waals surface area contributed by atoms with Gasteiger partial charge in [0, 0.05) is 65.6 Å². The minimum atomic E-state index is 0.528. The summed E-state index contributed by atoms with van der Waals surface area (Å²) in [5.74, 6) is 0. The van der Waals surface area contributed by atoms with Gasteiger partial charge in [-0.05, 0) is 98.0 Å². The van der Waals surface area contributed by atoms with Gasteiger partial charge in [0.05, 0.1) is 66.9 Å². The molecule has 0 bridgehead atoms. The lowest BCUT2D eigenvalue weighted by Crippen LogP contribution is -2.17. The van der Waals surface area contributed by atoms with Gasteiger partial charge in [0.25, 0.3) is 0 Å². The van der Waals surface area contributed by atoms with E-state index in [0.717, 1.165) is 160 Å². The van der Waals surface area contributed by atoms with Crippen molar-refractivity contribution in [2.24, 2.45) is 0 Å². The molecule has 362 valence electrons. The maximum absolute atomic E-state index is 13.1. The van der Waals surface area contributed by atoms with Crippen LogP contribution in [0.1, 0.15) is 27.8 Å². The van der Waals surface area contributed by atoms with Crippen LogP contribution in [0, 0.1) is 39.0 Å². The molecule has 0 aliphatic carbocycles. The van der Waals surface area contributed by atoms with Crippen LogP contribution in [0.2, 0.25) is 0 Å². The summed E-state index contributed by atoms with van der Waals surface area (Å²) < 4.78 is 16.7. The van der Waals surface area contributed by atoms with Gasteiger partial charge in [-0.3, -0.25) is 0 Å². The first-order chi connectivity index (χ1) is 37.9. The average Bonchev–Trinajstić information content (AvgIpc) is 4.37. The highest BCUT2D eigenvalue weighted by Crippen LogP contribution is 2.54. The first-order valence-corrected chi connectivity index (χ1v) is 26.3. The van der Waals surface area contributed by atoms with Crippen LogP contribution < -0.4 is 0 Å². The monoisotopic (exact) mass is 986 g/mol. The van der Waals surface area contributed by atoms with E-state index in [2.05, 4.69) is 246 Å². The van der Waals surface area contributed by atoms with E-state index in [0.29, 0.717) is 11.3 Å². The Morgan fingerprint density at radius 2 is 0.714 bits per heavy atom. The van der Waals surface area contributed by atoms with Gasteiger partial charge in [-0.2, -0.15) is 5.26 Å². The maximum Gasteiger partial charge on any atom is 0.227 e. The van der Waals surface area contributed by atoms with Crippen LogP contribution >= 0.6 is 0 Å². The van der Waals surface area contributed by atoms with Crippen molar-refractivity contribution >= 4 is 109 Å². The summed E-state index contributed by atoms with van der Waals surface area (Å²) >= 11 is 0. The molecular formula is C70H46N6O. The number of pyridine rings is 1. The molecule has 0 amide bonds. The number of nitriles is 1. The predicted molar refractivity (Wildman–Crippen MR) is 318 cm³/mol. The third kappa shape index (κ3) is 5.71. The van der Waals surface area contributed by atoms with E-state index in [1.807, 2.05) is 6.07 Å². The molecule has 0 aliphatic rings. The molecule has 16 rings (SSSR count). The van der Waals surface area contributed by atoms with Gasteiger partial charge in [-0.1, -0.05) is 158 Å². The summed E-state index contributed by atoms with van der Waals surface area (Å²) in [4.78, 5) is 4.86. The Hall–Kier alpha value is -10.2. The lowest BCUT2D eigenvalue weighted by atomic mass is 9.91. The molecular weight excluding hydrogens is 941 g/mol. The largest absolute Gasteiger partial charge is 0.438 e. The van der Waals surface area contributed by atoms with Gasteiger partial charge in [-0.25, -0.2) is 4.98 Å². The predicted octanol–water partition coefficient (Wildman–Crippen LogP) is 18.1. The molecule has 0 N–H and O–H groups in total. The molecule has 0 unspecified atom stereocenters. The number of aromatic nitrogens is 5. The van der Waals surface area contributed by atoms with E-state index < -0.39 is 0 Å². The van der Waals surface area contributed by atoms with E-state index in [9.17, 15) is 5.26 Å². The van der Waals surface area contributed by atoms with Crippen molar-refractivity contribution in [1.82, 2.24) is 23.3 Å². The number of benzene rings is 10. The zero-order chi connectivity index (χ0) is 51.4. The van der Waals surface area contributed by atoms with E-state index in [-0.39, 0.29) is 0 Å². The van der Waals surface area contributed by atoms with Crippen molar-refractivity contribution in [3.05, 3.63) is 234 Å². The van der Waals surface area contributed by atoms with Crippen molar-refractivity contribution in [1.29, 1.82) is 5.26 Å². The number of furan rings is 1. The normalized spacial score (nSPS) is 12.1. The Labute approximate surface area is 441 Å². The highest BCUT2D eigenvalue weighted by atomic mass is 16.3. The number of para-hydroxylation sites is 8. The van der Waals surface area contributed by atoms with Crippen molar-refractivity contribution in [3.8, 4) is 39.9 Å². The van der Waals surface area contributed by atoms with Crippen molar-refractivity contribution in [2.45, 2.75) is 27.7 Å². The van der Waals surface area contributed by atoms with Crippen LogP contribution in [0.25, 0.3) is 143 Å².